The van der Waals surface area contributed by atoms with E-state index in [0.717, 1.165) is 22.1 Å². The van der Waals surface area contributed by atoms with Gasteiger partial charge in [-0.25, -0.2) is 9.78 Å². The zero-order valence-electron chi connectivity index (χ0n) is 24.0. The molecule has 0 aliphatic heterocycles. The van der Waals surface area contributed by atoms with Crippen LogP contribution in [0.2, 0.25) is 5.02 Å². The van der Waals surface area contributed by atoms with Gasteiger partial charge in [0.25, 0.3) is 0 Å². The largest absolute Gasteiger partial charge is 0.444 e. The predicted molar refractivity (Wildman–Crippen MR) is 154 cm³/mol. The molecule has 0 aliphatic rings. The second kappa shape index (κ2) is 11.4. The van der Waals surface area contributed by atoms with Gasteiger partial charge in [0.2, 0.25) is 5.89 Å². The van der Waals surface area contributed by atoms with Crippen molar-refractivity contribution in [2.24, 2.45) is 0 Å². The van der Waals surface area contributed by atoms with Crippen molar-refractivity contribution in [1.82, 2.24) is 25.5 Å². The van der Waals surface area contributed by atoms with Gasteiger partial charge in [0.15, 0.2) is 0 Å². The standard InChI is InChI=1S/C29H33ClN6O5/c1-15-8-22(34-27(38)41-28(3,4)5)33-16(2)20(15)14-32-25(37)26-36-35-23(40-26)11-17-9-18-12-19(30)13-31-24(18)21(10-17)29(6,7)39/h8-10,12-13,39H,11,14H2,1-7H3,(H,32,37)(H,33,34,38). The minimum Gasteiger partial charge on any atom is -0.444 e. The molecule has 0 aliphatic carbocycles. The van der Waals surface area contributed by atoms with Gasteiger partial charge in [0.05, 0.1) is 22.6 Å². The first kappa shape index (κ1) is 29.9. The third kappa shape index (κ3) is 7.56. The summed E-state index contributed by atoms with van der Waals surface area (Å²) in [6.07, 6.45) is 1.17. The van der Waals surface area contributed by atoms with E-state index in [2.05, 4.69) is 30.8 Å². The highest BCUT2D eigenvalue weighted by atomic mass is 35.5. The number of aliphatic hydroxyl groups is 1. The molecule has 0 saturated carbocycles. The molecule has 0 bridgehead atoms. The number of nitrogens with zero attached hydrogens (tertiary/aromatic N) is 4. The Hall–Kier alpha value is -4.09. The van der Waals surface area contributed by atoms with Gasteiger partial charge in [0, 0.05) is 29.4 Å². The van der Waals surface area contributed by atoms with Crippen molar-refractivity contribution in [2.75, 3.05) is 5.32 Å². The van der Waals surface area contributed by atoms with E-state index >= 15 is 0 Å². The summed E-state index contributed by atoms with van der Waals surface area (Å²) in [6.45, 7) is 12.5. The second-order valence-corrected chi connectivity index (χ2v) is 11.7. The number of benzene rings is 1. The summed E-state index contributed by atoms with van der Waals surface area (Å²) in [5.74, 6) is -0.131. The third-order valence-electron chi connectivity index (χ3n) is 6.09. The van der Waals surface area contributed by atoms with Crippen LogP contribution in [-0.2, 0) is 23.3 Å². The Labute approximate surface area is 242 Å². The molecule has 41 heavy (non-hydrogen) atoms. The van der Waals surface area contributed by atoms with E-state index in [1.807, 2.05) is 19.1 Å². The highest BCUT2D eigenvalue weighted by molar-refractivity contribution is 6.31. The van der Waals surface area contributed by atoms with Gasteiger partial charge in [-0.3, -0.25) is 15.1 Å². The monoisotopic (exact) mass is 580 g/mol. The Kier molecular flexibility index (Phi) is 8.32. The van der Waals surface area contributed by atoms with E-state index in [4.69, 9.17) is 20.8 Å². The summed E-state index contributed by atoms with van der Waals surface area (Å²) in [5.41, 5.74) is 2.52. The lowest BCUT2D eigenvalue weighted by Gasteiger charge is -2.20. The van der Waals surface area contributed by atoms with Crippen LogP contribution in [-0.4, -0.2) is 42.9 Å². The van der Waals surface area contributed by atoms with Gasteiger partial charge in [-0.2, -0.15) is 0 Å². The van der Waals surface area contributed by atoms with E-state index < -0.39 is 23.2 Å². The van der Waals surface area contributed by atoms with Crippen molar-refractivity contribution >= 4 is 40.3 Å². The Morgan fingerprint density at radius 3 is 2.46 bits per heavy atom. The summed E-state index contributed by atoms with van der Waals surface area (Å²) in [6, 6.07) is 7.19. The van der Waals surface area contributed by atoms with Crippen LogP contribution in [0.1, 0.15) is 79.1 Å². The molecule has 4 aromatic rings. The molecule has 0 saturated heterocycles. The summed E-state index contributed by atoms with van der Waals surface area (Å²) < 4.78 is 10.9. The molecule has 0 spiro atoms. The number of anilines is 1. The van der Waals surface area contributed by atoms with Gasteiger partial charge in [0.1, 0.15) is 11.4 Å². The second-order valence-electron chi connectivity index (χ2n) is 11.3. The average Bonchev–Trinajstić information content (AvgIpc) is 3.29. The number of aromatic nitrogens is 4. The Balaban J connectivity index is 1.44. The van der Waals surface area contributed by atoms with Crippen LogP contribution in [0.3, 0.4) is 0 Å². The summed E-state index contributed by atoms with van der Waals surface area (Å²) in [5, 5.41) is 25.3. The molecule has 4 rings (SSSR count). The molecule has 3 heterocycles. The van der Waals surface area contributed by atoms with E-state index in [0.29, 0.717) is 27.6 Å². The molecule has 11 nitrogen and oxygen atoms in total. The lowest BCUT2D eigenvalue weighted by molar-refractivity contribution is 0.0634. The molecule has 216 valence electrons. The molecular formula is C29H33ClN6O5. The van der Waals surface area contributed by atoms with Crippen molar-refractivity contribution in [3.05, 3.63) is 75.2 Å². The lowest BCUT2D eigenvalue weighted by atomic mass is 9.92. The van der Waals surface area contributed by atoms with Gasteiger partial charge in [-0.1, -0.05) is 17.7 Å². The van der Waals surface area contributed by atoms with Crippen molar-refractivity contribution in [1.29, 1.82) is 0 Å². The normalized spacial score (nSPS) is 11.9. The fourth-order valence-electron chi connectivity index (χ4n) is 4.29. The molecule has 0 atom stereocenters. The van der Waals surface area contributed by atoms with Crippen LogP contribution in [0.15, 0.2) is 34.9 Å². The van der Waals surface area contributed by atoms with Crippen molar-refractivity contribution in [3.8, 4) is 0 Å². The van der Waals surface area contributed by atoms with E-state index in [1.165, 1.54) is 6.20 Å². The van der Waals surface area contributed by atoms with Gasteiger partial charge in [-0.15, -0.1) is 10.2 Å². The zero-order valence-corrected chi connectivity index (χ0v) is 24.8. The maximum atomic E-state index is 12.8. The molecule has 0 radical (unpaired) electrons. The van der Waals surface area contributed by atoms with Gasteiger partial charge in [-0.05, 0) is 83.4 Å². The lowest BCUT2D eigenvalue weighted by Crippen LogP contribution is -2.28. The number of fused-ring (bicyclic) bond motifs is 1. The maximum absolute atomic E-state index is 12.8. The first-order valence-corrected chi connectivity index (χ1v) is 13.4. The minimum absolute atomic E-state index is 0.168. The molecule has 1 aromatic carbocycles. The van der Waals surface area contributed by atoms with Crippen LogP contribution >= 0.6 is 11.6 Å². The highest BCUT2D eigenvalue weighted by Gasteiger charge is 2.23. The van der Waals surface area contributed by atoms with E-state index in [-0.39, 0.29) is 24.7 Å². The summed E-state index contributed by atoms with van der Waals surface area (Å²) in [7, 11) is 0. The average molecular weight is 581 g/mol. The number of ether oxygens (including phenoxy) is 1. The number of rotatable bonds is 7. The van der Waals surface area contributed by atoms with Crippen molar-refractivity contribution in [2.45, 2.75) is 72.6 Å². The first-order valence-electron chi connectivity index (χ1n) is 13.0. The first-order chi connectivity index (χ1) is 19.1. The van der Waals surface area contributed by atoms with E-state index in [9.17, 15) is 14.7 Å². The number of hydrogen-bond donors (Lipinski definition) is 3. The van der Waals surface area contributed by atoms with Crippen LogP contribution in [0, 0.1) is 13.8 Å². The van der Waals surface area contributed by atoms with Crippen LogP contribution in [0.25, 0.3) is 10.9 Å². The molecule has 3 aromatic heterocycles. The number of carbonyl (C=O) groups excluding carboxylic acids is 2. The van der Waals surface area contributed by atoms with Crippen LogP contribution in [0.5, 0.6) is 0 Å². The fraction of sp³-hybridized carbons (Fsp3) is 0.379. The zero-order chi connectivity index (χ0) is 30.1. The SMILES string of the molecule is Cc1cc(NC(=O)OC(C)(C)C)nc(C)c1CNC(=O)c1nnc(Cc2cc(C(C)(C)O)c3ncc(Cl)cc3c2)o1. The molecular weight excluding hydrogens is 548 g/mol. The third-order valence-corrected chi connectivity index (χ3v) is 6.30. The summed E-state index contributed by atoms with van der Waals surface area (Å²) in [4.78, 5) is 33.7. The molecule has 12 heteroatoms. The topological polar surface area (TPSA) is 152 Å². The Morgan fingerprint density at radius 1 is 1.07 bits per heavy atom. The van der Waals surface area contributed by atoms with Gasteiger partial charge >= 0.3 is 17.9 Å². The predicted octanol–water partition coefficient (Wildman–Crippen LogP) is 5.38. The molecule has 0 fully saturated rings. The minimum atomic E-state index is -1.15. The Morgan fingerprint density at radius 2 is 1.80 bits per heavy atom. The summed E-state index contributed by atoms with van der Waals surface area (Å²) >= 11 is 6.14. The van der Waals surface area contributed by atoms with E-state index in [1.54, 1.807) is 53.7 Å². The number of pyridine rings is 2. The molecule has 2 amide bonds. The number of aryl methyl sites for hydroxylation is 2. The van der Waals surface area contributed by atoms with Gasteiger partial charge < -0.3 is 19.6 Å². The molecule has 3 N–H and O–H groups in total. The number of hydrogen-bond acceptors (Lipinski definition) is 9. The number of carbonyl (C=O) groups is 2. The smallest absolute Gasteiger partial charge is 0.413 e. The van der Waals surface area contributed by atoms with Crippen LogP contribution < -0.4 is 10.6 Å². The Bertz CT molecular complexity index is 1600. The van der Waals surface area contributed by atoms with Crippen LogP contribution in [0.4, 0.5) is 10.6 Å². The number of amides is 2. The fourth-order valence-corrected chi connectivity index (χ4v) is 4.45. The number of nitrogens with one attached hydrogen (secondary N) is 2. The molecule has 0 unspecified atom stereocenters. The van der Waals surface area contributed by atoms with Crippen molar-refractivity contribution < 1.29 is 23.8 Å². The quantitative estimate of drug-likeness (QED) is 0.261. The van der Waals surface area contributed by atoms with Crippen molar-refractivity contribution in [3.63, 3.8) is 0 Å². The maximum Gasteiger partial charge on any atom is 0.413 e. The highest BCUT2D eigenvalue weighted by Crippen LogP contribution is 2.30. The number of halogens is 1.